The first-order valence-electron chi connectivity index (χ1n) is 7.89. The first kappa shape index (κ1) is 17.2. The van der Waals surface area contributed by atoms with Crippen LogP contribution >= 0.6 is 0 Å². The second-order valence-electron chi connectivity index (χ2n) is 6.82. The van der Waals surface area contributed by atoms with E-state index < -0.39 is 5.60 Å². The number of rotatable bonds is 8. The number of aryl methyl sites for hydroxylation is 1. The maximum atomic E-state index is 11.1. The van der Waals surface area contributed by atoms with Gasteiger partial charge in [-0.15, -0.1) is 0 Å². The average Bonchev–Trinajstić information content (AvgIpc) is 2.34. The molecule has 0 heterocycles. The third kappa shape index (κ3) is 5.26. The normalized spacial score (nSPS) is 12.4. The molecule has 0 fully saturated rings. The summed E-state index contributed by atoms with van der Waals surface area (Å²) < 4.78 is 0. The Hall–Kier alpha value is -0.860. The molecule has 0 aliphatic carbocycles. The van der Waals surface area contributed by atoms with Gasteiger partial charge < -0.3 is 10.8 Å². The van der Waals surface area contributed by atoms with Crippen LogP contribution in [0, 0.1) is 11.8 Å². The molecule has 3 N–H and O–H groups in total. The predicted molar refractivity (Wildman–Crippen MR) is 86.6 cm³/mol. The standard InChI is InChI=1S/C18H31NO/c1-14(2)12-18(20,13-15(3)4)17-9-5-7-16(11-17)8-6-10-19/h5,7,9,11,14-15,20H,6,8,10,12-13,19H2,1-4H3. The molecule has 1 aromatic carbocycles. The minimum Gasteiger partial charge on any atom is -0.385 e. The van der Waals surface area contributed by atoms with Crippen molar-refractivity contribution in [1.29, 1.82) is 0 Å². The van der Waals surface area contributed by atoms with E-state index in [1.807, 2.05) is 0 Å². The molecule has 0 atom stereocenters. The van der Waals surface area contributed by atoms with E-state index in [1.54, 1.807) is 0 Å². The summed E-state index contributed by atoms with van der Waals surface area (Å²) in [6, 6.07) is 8.42. The van der Waals surface area contributed by atoms with Crippen molar-refractivity contribution in [3.05, 3.63) is 35.4 Å². The van der Waals surface area contributed by atoms with Crippen molar-refractivity contribution in [2.45, 2.75) is 59.0 Å². The molecule has 0 radical (unpaired) electrons. The van der Waals surface area contributed by atoms with Gasteiger partial charge in [0, 0.05) is 0 Å². The highest BCUT2D eigenvalue weighted by molar-refractivity contribution is 5.28. The van der Waals surface area contributed by atoms with Crippen molar-refractivity contribution in [1.82, 2.24) is 0 Å². The van der Waals surface area contributed by atoms with Crippen LogP contribution in [0.15, 0.2) is 24.3 Å². The Kier molecular flexibility index (Phi) is 6.70. The molecule has 0 bridgehead atoms. The molecule has 1 aromatic rings. The predicted octanol–water partition coefficient (Wildman–Crippen LogP) is 3.86. The minimum absolute atomic E-state index is 0.478. The highest BCUT2D eigenvalue weighted by atomic mass is 16.3. The SMILES string of the molecule is CC(C)CC(O)(CC(C)C)c1cccc(CCCN)c1. The van der Waals surface area contributed by atoms with Crippen LogP contribution in [0.25, 0.3) is 0 Å². The van der Waals surface area contributed by atoms with Gasteiger partial charge in [-0.2, -0.15) is 0 Å². The number of benzene rings is 1. The van der Waals surface area contributed by atoms with Crippen molar-refractivity contribution in [3.63, 3.8) is 0 Å². The molecule has 2 nitrogen and oxygen atoms in total. The molecule has 0 saturated carbocycles. The van der Waals surface area contributed by atoms with E-state index >= 15 is 0 Å². The maximum absolute atomic E-state index is 11.1. The zero-order valence-corrected chi connectivity index (χ0v) is 13.5. The third-order valence-electron chi connectivity index (χ3n) is 3.63. The zero-order chi connectivity index (χ0) is 15.2. The summed E-state index contributed by atoms with van der Waals surface area (Å²) in [4.78, 5) is 0. The first-order chi connectivity index (χ1) is 9.37. The van der Waals surface area contributed by atoms with Gasteiger partial charge in [0.05, 0.1) is 5.60 Å². The van der Waals surface area contributed by atoms with E-state index in [4.69, 9.17) is 5.73 Å². The first-order valence-corrected chi connectivity index (χ1v) is 7.89. The Morgan fingerprint density at radius 2 is 1.70 bits per heavy atom. The second kappa shape index (κ2) is 7.80. The van der Waals surface area contributed by atoms with Crippen molar-refractivity contribution in [3.8, 4) is 0 Å². The van der Waals surface area contributed by atoms with Crippen LogP contribution in [-0.4, -0.2) is 11.7 Å². The van der Waals surface area contributed by atoms with Crippen LogP contribution in [0.5, 0.6) is 0 Å². The van der Waals surface area contributed by atoms with Gasteiger partial charge in [0.1, 0.15) is 0 Å². The highest BCUT2D eigenvalue weighted by Gasteiger charge is 2.31. The molecule has 20 heavy (non-hydrogen) atoms. The smallest absolute Gasteiger partial charge is 0.0901 e. The largest absolute Gasteiger partial charge is 0.385 e. The molecule has 0 aromatic heterocycles. The highest BCUT2D eigenvalue weighted by Crippen LogP contribution is 2.35. The fourth-order valence-corrected chi connectivity index (χ4v) is 2.99. The van der Waals surface area contributed by atoms with E-state index in [9.17, 15) is 5.11 Å². The summed E-state index contributed by atoms with van der Waals surface area (Å²) >= 11 is 0. The van der Waals surface area contributed by atoms with Gasteiger partial charge in [-0.25, -0.2) is 0 Å². The van der Waals surface area contributed by atoms with Crippen LogP contribution in [-0.2, 0) is 12.0 Å². The molecule has 0 aliphatic rings. The zero-order valence-electron chi connectivity index (χ0n) is 13.5. The third-order valence-corrected chi connectivity index (χ3v) is 3.63. The van der Waals surface area contributed by atoms with Gasteiger partial charge in [0.2, 0.25) is 0 Å². The van der Waals surface area contributed by atoms with Crippen LogP contribution in [0.2, 0.25) is 0 Å². The van der Waals surface area contributed by atoms with Crippen molar-refractivity contribution >= 4 is 0 Å². The summed E-state index contributed by atoms with van der Waals surface area (Å²) in [6.45, 7) is 9.40. The number of aliphatic hydroxyl groups is 1. The summed E-state index contributed by atoms with van der Waals surface area (Å²) in [5.74, 6) is 0.956. The fraction of sp³-hybridized carbons (Fsp3) is 0.667. The van der Waals surface area contributed by atoms with Gasteiger partial charge in [0.25, 0.3) is 0 Å². The van der Waals surface area contributed by atoms with E-state index in [0.717, 1.165) is 31.2 Å². The maximum Gasteiger partial charge on any atom is 0.0901 e. The summed E-state index contributed by atoms with van der Waals surface area (Å²) in [5, 5.41) is 11.1. The Bertz CT molecular complexity index is 388. The van der Waals surface area contributed by atoms with Crippen LogP contribution < -0.4 is 5.73 Å². The number of nitrogens with two attached hydrogens (primary N) is 1. The molecule has 0 spiro atoms. The van der Waals surface area contributed by atoms with E-state index in [1.165, 1.54) is 5.56 Å². The molecule has 0 amide bonds. The number of hydrogen-bond donors (Lipinski definition) is 2. The van der Waals surface area contributed by atoms with Crippen molar-refractivity contribution in [2.75, 3.05) is 6.54 Å². The lowest BCUT2D eigenvalue weighted by molar-refractivity contribution is -0.00456. The summed E-state index contributed by atoms with van der Waals surface area (Å²) in [6.07, 6.45) is 3.61. The van der Waals surface area contributed by atoms with Crippen LogP contribution in [0.3, 0.4) is 0 Å². The molecule has 114 valence electrons. The Morgan fingerprint density at radius 1 is 1.10 bits per heavy atom. The molecular formula is C18H31NO. The lowest BCUT2D eigenvalue weighted by Crippen LogP contribution is -2.29. The fourth-order valence-electron chi connectivity index (χ4n) is 2.99. The van der Waals surface area contributed by atoms with Gasteiger partial charge >= 0.3 is 0 Å². The van der Waals surface area contributed by atoms with Crippen molar-refractivity contribution in [2.24, 2.45) is 17.6 Å². The Balaban J connectivity index is 3.00. The number of hydrogen-bond acceptors (Lipinski definition) is 2. The lowest BCUT2D eigenvalue weighted by atomic mass is 9.79. The minimum atomic E-state index is -0.707. The monoisotopic (exact) mass is 277 g/mol. The Labute approximate surface area is 124 Å². The topological polar surface area (TPSA) is 46.2 Å². The average molecular weight is 277 g/mol. The molecule has 2 heteroatoms. The molecule has 0 unspecified atom stereocenters. The van der Waals surface area contributed by atoms with Crippen LogP contribution in [0.4, 0.5) is 0 Å². The lowest BCUT2D eigenvalue weighted by Gasteiger charge is -2.32. The summed E-state index contributed by atoms with van der Waals surface area (Å²) in [5.41, 5.74) is 7.22. The van der Waals surface area contributed by atoms with Gasteiger partial charge in [-0.3, -0.25) is 0 Å². The summed E-state index contributed by atoms with van der Waals surface area (Å²) in [7, 11) is 0. The van der Waals surface area contributed by atoms with E-state index in [0.29, 0.717) is 18.4 Å². The Morgan fingerprint density at radius 3 is 2.20 bits per heavy atom. The van der Waals surface area contributed by atoms with E-state index in [-0.39, 0.29) is 0 Å². The quantitative estimate of drug-likeness (QED) is 0.758. The van der Waals surface area contributed by atoms with Crippen LogP contribution in [0.1, 0.15) is 58.1 Å². The van der Waals surface area contributed by atoms with Gasteiger partial charge in [0.15, 0.2) is 0 Å². The molecule has 0 saturated heterocycles. The van der Waals surface area contributed by atoms with E-state index in [2.05, 4.69) is 52.0 Å². The molecule has 0 aliphatic heterocycles. The molecule has 1 rings (SSSR count). The van der Waals surface area contributed by atoms with Gasteiger partial charge in [-0.1, -0.05) is 52.0 Å². The van der Waals surface area contributed by atoms with Gasteiger partial charge in [-0.05, 0) is 55.2 Å². The molecular weight excluding hydrogens is 246 g/mol. The van der Waals surface area contributed by atoms with Crippen molar-refractivity contribution < 1.29 is 5.11 Å². The second-order valence-corrected chi connectivity index (χ2v) is 6.82.